The van der Waals surface area contributed by atoms with Crippen LogP contribution in [-0.2, 0) is 12.8 Å². The van der Waals surface area contributed by atoms with E-state index in [0.29, 0.717) is 11.6 Å². The summed E-state index contributed by atoms with van der Waals surface area (Å²) >= 11 is 0. The molecule has 1 amide bonds. The van der Waals surface area contributed by atoms with Crippen molar-refractivity contribution in [3.05, 3.63) is 40.8 Å². The summed E-state index contributed by atoms with van der Waals surface area (Å²) in [6, 6.07) is 4.06. The lowest BCUT2D eigenvalue weighted by molar-refractivity contribution is 0.0679. The van der Waals surface area contributed by atoms with Gasteiger partial charge in [0.15, 0.2) is 5.69 Å². The third kappa shape index (κ3) is 2.94. The molecule has 2 N–H and O–H groups in total. The fraction of sp³-hybridized carbons (Fsp3) is 0.440. The van der Waals surface area contributed by atoms with Crippen molar-refractivity contribution in [1.29, 1.82) is 0 Å². The minimum absolute atomic E-state index is 0.0367. The highest BCUT2D eigenvalue weighted by molar-refractivity contribution is 6.17. The lowest BCUT2D eigenvalue weighted by Crippen LogP contribution is -2.39. The van der Waals surface area contributed by atoms with Crippen molar-refractivity contribution in [2.45, 2.75) is 52.4 Å². The molecule has 4 aromatic rings. The maximum atomic E-state index is 13.5. The molecule has 7 heteroatoms. The molecule has 3 aromatic heterocycles. The molecule has 0 bridgehead atoms. The van der Waals surface area contributed by atoms with Gasteiger partial charge in [0.1, 0.15) is 0 Å². The van der Waals surface area contributed by atoms with Gasteiger partial charge in [-0.15, -0.1) is 0 Å². The second-order valence-corrected chi connectivity index (χ2v) is 9.49. The van der Waals surface area contributed by atoms with Crippen LogP contribution in [0.1, 0.15) is 59.9 Å². The number of benzene rings is 1. The van der Waals surface area contributed by atoms with Crippen molar-refractivity contribution in [3.8, 4) is 11.3 Å². The molecule has 1 fully saturated rings. The summed E-state index contributed by atoms with van der Waals surface area (Å²) in [5, 5.41) is 17.0. The standard InChI is InChI=1S/C25H28N6O/c1-14-6-5-11-31(13-14)25(32)24-22-20(29-30-24)10-9-19-21(22)16-7-3-4-8-17(16)23(27-19)18-12-26-28-15(18)2/h9-10,12,14H,3-8,11,13H2,1-2H3,(H,26,28)(H,29,30)/t14-/m1/s1. The minimum Gasteiger partial charge on any atom is -0.337 e. The number of nitrogens with one attached hydrogen (secondary N) is 2. The summed E-state index contributed by atoms with van der Waals surface area (Å²) < 4.78 is 0. The Balaban J connectivity index is 1.60. The summed E-state index contributed by atoms with van der Waals surface area (Å²) in [7, 11) is 0. The molecule has 0 spiro atoms. The number of amides is 1. The summed E-state index contributed by atoms with van der Waals surface area (Å²) in [4.78, 5) is 20.6. The highest BCUT2D eigenvalue weighted by Crippen LogP contribution is 2.39. The molecule has 7 nitrogen and oxygen atoms in total. The smallest absolute Gasteiger partial charge is 0.275 e. The van der Waals surface area contributed by atoms with E-state index in [4.69, 9.17) is 4.98 Å². The molecule has 1 aliphatic heterocycles. The molecule has 164 valence electrons. The van der Waals surface area contributed by atoms with Crippen molar-refractivity contribution in [1.82, 2.24) is 30.3 Å². The molecule has 1 aliphatic carbocycles. The highest BCUT2D eigenvalue weighted by atomic mass is 16.2. The third-order valence-corrected chi connectivity index (χ3v) is 7.23. The van der Waals surface area contributed by atoms with Crippen LogP contribution in [0.4, 0.5) is 0 Å². The van der Waals surface area contributed by atoms with Crippen molar-refractivity contribution in [3.63, 3.8) is 0 Å². The van der Waals surface area contributed by atoms with Crippen LogP contribution in [0.25, 0.3) is 33.1 Å². The predicted octanol–water partition coefficient (Wildman–Crippen LogP) is 4.56. The Morgan fingerprint density at radius 3 is 2.72 bits per heavy atom. The number of pyridine rings is 1. The number of hydrogen-bond donors (Lipinski definition) is 2. The number of aromatic amines is 2. The number of likely N-dealkylation sites (tertiary alicyclic amines) is 1. The molecule has 0 unspecified atom stereocenters. The lowest BCUT2D eigenvalue weighted by Gasteiger charge is -2.30. The summed E-state index contributed by atoms with van der Waals surface area (Å²) in [5.74, 6) is 0.569. The second-order valence-electron chi connectivity index (χ2n) is 9.49. The van der Waals surface area contributed by atoms with E-state index < -0.39 is 0 Å². The minimum atomic E-state index is 0.0367. The average molecular weight is 429 g/mol. The molecule has 32 heavy (non-hydrogen) atoms. The average Bonchev–Trinajstić information content (AvgIpc) is 3.44. The quantitative estimate of drug-likeness (QED) is 0.490. The summed E-state index contributed by atoms with van der Waals surface area (Å²) in [6.07, 6.45) is 8.42. The van der Waals surface area contributed by atoms with Gasteiger partial charge in [-0.1, -0.05) is 6.92 Å². The maximum absolute atomic E-state index is 13.5. The van der Waals surface area contributed by atoms with Gasteiger partial charge >= 0.3 is 0 Å². The number of H-pyrrole nitrogens is 2. The maximum Gasteiger partial charge on any atom is 0.275 e. The molecular weight excluding hydrogens is 400 g/mol. The van der Waals surface area contributed by atoms with E-state index in [-0.39, 0.29) is 5.91 Å². The SMILES string of the molecule is Cc1[nH]ncc1-c1nc2ccc3[nH]nc(C(=O)N4CCC[C@@H](C)C4)c3c2c2c1CCCC2. The number of nitrogens with zero attached hydrogens (tertiary/aromatic N) is 4. The number of piperidine rings is 1. The van der Waals surface area contributed by atoms with E-state index in [9.17, 15) is 4.79 Å². The number of fused-ring (bicyclic) bond motifs is 5. The number of aromatic nitrogens is 5. The predicted molar refractivity (Wildman–Crippen MR) is 125 cm³/mol. The van der Waals surface area contributed by atoms with Crippen molar-refractivity contribution >= 4 is 27.7 Å². The zero-order valence-corrected chi connectivity index (χ0v) is 18.7. The number of carbonyl (C=O) groups is 1. The van der Waals surface area contributed by atoms with E-state index >= 15 is 0 Å². The van der Waals surface area contributed by atoms with E-state index in [1.807, 2.05) is 24.1 Å². The van der Waals surface area contributed by atoms with Crippen molar-refractivity contribution in [2.75, 3.05) is 13.1 Å². The first-order chi connectivity index (χ1) is 15.6. The first-order valence-electron chi connectivity index (χ1n) is 11.7. The van der Waals surface area contributed by atoms with Gasteiger partial charge in [0.25, 0.3) is 5.91 Å². The molecule has 6 rings (SSSR count). The van der Waals surface area contributed by atoms with Crippen LogP contribution < -0.4 is 0 Å². The Labute approximate surface area is 186 Å². The topological polar surface area (TPSA) is 90.6 Å². The monoisotopic (exact) mass is 428 g/mol. The molecule has 2 aliphatic rings. The van der Waals surface area contributed by atoms with E-state index in [0.717, 1.165) is 84.0 Å². The Morgan fingerprint density at radius 1 is 1.09 bits per heavy atom. The van der Waals surface area contributed by atoms with Crippen LogP contribution in [0.15, 0.2) is 18.3 Å². The highest BCUT2D eigenvalue weighted by Gasteiger charge is 2.28. The van der Waals surface area contributed by atoms with Gasteiger partial charge < -0.3 is 4.90 Å². The molecular formula is C25H28N6O. The number of carbonyl (C=O) groups excluding carboxylic acids is 1. The molecule has 0 saturated carbocycles. The lowest BCUT2D eigenvalue weighted by atomic mass is 9.85. The largest absolute Gasteiger partial charge is 0.337 e. The van der Waals surface area contributed by atoms with Gasteiger partial charge in [0.05, 0.1) is 22.9 Å². The van der Waals surface area contributed by atoms with Gasteiger partial charge in [-0.3, -0.25) is 15.0 Å². The first kappa shape index (κ1) is 19.5. The van der Waals surface area contributed by atoms with E-state index in [1.54, 1.807) is 0 Å². The zero-order chi connectivity index (χ0) is 21.8. The number of rotatable bonds is 2. The Hall–Kier alpha value is -3.22. The van der Waals surface area contributed by atoms with Gasteiger partial charge in [-0.05, 0) is 74.6 Å². The second kappa shape index (κ2) is 7.43. The number of hydrogen-bond acceptors (Lipinski definition) is 4. The van der Waals surface area contributed by atoms with Gasteiger partial charge in [0.2, 0.25) is 0 Å². The molecule has 4 heterocycles. The van der Waals surface area contributed by atoms with Crippen LogP contribution >= 0.6 is 0 Å². The normalized spacial score (nSPS) is 18.9. The Morgan fingerprint density at radius 2 is 1.94 bits per heavy atom. The Kier molecular flexibility index (Phi) is 4.52. The molecule has 1 aromatic carbocycles. The zero-order valence-electron chi connectivity index (χ0n) is 18.7. The van der Waals surface area contributed by atoms with Gasteiger partial charge in [-0.2, -0.15) is 10.2 Å². The first-order valence-corrected chi connectivity index (χ1v) is 11.7. The van der Waals surface area contributed by atoms with Gasteiger partial charge in [0, 0.05) is 35.1 Å². The van der Waals surface area contributed by atoms with Crippen LogP contribution in [0.2, 0.25) is 0 Å². The molecule has 1 saturated heterocycles. The fourth-order valence-electron chi connectivity index (χ4n) is 5.62. The summed E-state index contributed by atoms with van der Waals surface area (Å²) in [6.45, 7) is 5.87. The van der Waals surface area contributed by atoms with E-state index in [2.05, 4.69) is 33.4 Å². The Bertz CT molecular complexity index is 1350. The van der Waals surface area contributed by atoms with E-state index in [1.165, 1.54) is 17.5 Å². The molecule has 0 radical (unpaired) electrons. The van der Waals surface area contributed by atoms with Crippen LogP contribution in [0.3, 0.4) is 0 Å². The van der Waals surface area contributed by atoms with Crippen molar-refractivity contribution < 1.29 is 4.79 Å². The molecule has 1 atom stereocenters. The van der Waals surface area contributed by atoms with Crippen LogP contribution in [-0.4, -0.2) is 49.3 Å². The third-order valence-electron chi connectivity index (χ3n) is 7.23. The van der Waals surface area contributed by atoms with Crippen LogP contribution in [0, 0.1) is 12.8 Å². The van der Waals surface area contributed by atoms with Gasteiger partial charge in [-0.25, -0.2) is 4.98 Å². The summed E-state index contributed by atoms with van der Waals surface area (Å²) in [5.41, 5.74) is 8.13. The fourth-order valence-corrected chi connectivity index (χ4v) is 5.62. The number of aryl methyl sites for hydroxylation is 2. The van der Waals surface area contributed by atoms with Crippen LogP contribution in [0.5, 0.6) is 0 Å². The van der Waals surface area contributed by atoms with Crippen molar-refractivity contribution in [2.24, 2.45) is 5.92 Å².